The minimum absolute atomic E-state index is 0.163. The fourth-order valence-electron chi connectivity index (χ4n) is 1.48. The van der Waals surface area contributed by atoms with Crippen LogP contribution in [-0.4, -0.2) is 5.78 Å². The Labute approximate surface area is 118 Å². The normalized spacial score (nSPS) is 10.6. The molecule has 0 aliphatic rings. The van der Waals surface area contributed by atoms with Gasteiger partial charge in [-0.15, -0.1) is 11.3 Å². The predicted octanol–water partition coefficient (Wildman–Crippen LogP) is 5.25. The SMILES string of the molecule is Cc1ccsc1C(=O)c1c(Cl)cc(Cl)cc1Cl. The molecule has 0 saturated carbocycles. The number of halogens is 3. The molecule has 0 N–H and O–H groups in total. The molecule has 0 aliphatic carbocycles. The van der Waals surface area contributed by atoms with Crippen molar-refractivity contribution in [3.63, 3.8) is 0 Å². The highest BCUT2D eigenvalue weighted by atomic mass is 35.5. The van der Waals surface area contributed by atoms with Crippen LogP contribution >= 0.6 is 46.1 Å². The van der Waals surface area contributed by atoms with Crippen molar-refractivity contribution in [3.05, 3.63) is 54.7 Å². The van der Waals surface area contributed by atoms with E-state index < -0.39 is 0 Å². The van der Waals surface area contributed by atoms with E-state index in [-0.39, 0.29) is 15.8 Å². The number of carbonyl (C=O) groups excluding carboxylic acids is 1. The summed E-state index contributed by atoms with van der Waals surface area (Å²) in [7, 11) is 0. The second-order valence-electron chi connectivity index (χ2n) is 3.51. The molecule has 1 aromatic carbocycles. The van der Waals surface area contributed by atoms with Crippen LogP contribution in [-0.2, 0) is 0 Å². The first-order chi connectivity index (χ1) is 8.00. The molecule has 5 heteroatoms. The summed E-state index contributed by atoms with van der Waals surface area (Å²) in [5.74, 6) is -0.163. The van der Waals surface area contributed by atoms with E-state index >= 15 is 0 Å². The molecule has 0 amide bonds. The largest absolute Gasteiger partial charge is 0.288 e. The molecule has 2 aromatic rings. The smallest absolute Gasteiger partial charge is 0.206 e. The third-order valence-corrected chi connectivity index (χ3v) is 4.13. The van der Waals surface area contributed by atoms with Crippen molar-refractivity contribution in [1.82, 2.24) is 0 Å². The summed E-state index contributed by atoms with van der Waals surface area (Å²) in [5, 5.41) is 2.83. The quantitative estimate of drug-likeness (QED) is 0.693. The molecule has 0 spiro atoms. The number of aryl methyl sites for hydroxylation is 1. The number of ketones is 1. The van der Waals surface area contributed by atoms with E-state index in [2.05, 4.69) is 0 Å². The van der Waals surface area contributed by atoms with Crippen LogP contribution < -0.4 is 0 Å². The number of rotatable bonds is 2. The fourth-order valence-corrected chi connectivity index (χ4v) is 3.34. The van der Waals surface area contributed by atoms with Crippen molar-refractivity contribution in [2.45, 2.75) is 6.92 Å². The second kappa shape index (κ2) is 4.99. The van der Waals surface area contributed by atoms with Gasteiger partial charge in [0.1, 0.15) is 0 Å². The lowest BCUT2D eigenvalue weighted by molar-refractivity contribution is 0.104. The topological polar surface area (TPSA) is 17.1 Å². The van der Waals surface area contributed by atoms with Gasteiger partial charge in [-0.05, 0) is 36.1 Å². The van der Waals surface area contributed by atoms with Crippen molar-refractivity contribution in [2.24, 2.45) is 0 Å². The van der Waals surface area contributed by atoms with Gasteiger partial charge in [0.05, 0.1) is 20.5 Å². The zero-order valence-electron chi connectivity index (χ0n) is 8.76. The molecule has 17 heavy (non-hydrogen) atoms. The van der Waals surface area contributed by atoms with Crippen molar-refractivity contribution in [1.29, 1.82) is 0 Å². The van der Waals surface area contributed by atoms with Crippen LogP contribution in [0.15, 0.2) is 23.6 Å². The van der Waals surface area contributed by atoms with Crippen LogP contribution in [0.25, 0.3) is 0 Å². The van der Waals surface area contributed by atoms with Gasteiger partial charge in [0.25, 0.3) is 0 Å². The Kier molecular flexibility index (Phi) is 3.79. The van der Waals surface area contributed by atoms with Gasteiger partial charge in [0.2, 0.25) is 5.78 Å². The van der Waals surface area contributed by atoms with Crippen LogP contribution in [0.1, 0.15) is 20.8 Å². The Bertz CT molecular complexity index is 566. The van der Waals surface area contributed by atoms with E-state index in [1.165, 1.54) is 23.5 Å². The minimum Gasteiger partial charge on any atom is -0.288 e. The number of thiophene rings is 1. The molecule has 0 aliphatic heterocycles. The number of hydrogen-bond acceptors (Lipinski definition) is 2. The van der Waals surface area contributed by atoms with Gasteiger partial charge in [0, 0.05) is 5.02 Å². The third-order valence-electron chi connectivity index (χ3n) is 2.30. The van der Waals surface area contributed by atoms with Gasteiger partial charge in [-0.2, -0.15) is 0 Å². The standard InChI is InChI=1S/C12H7Cl3OS/c1-6-2-3-17-12(6)11(16)10-8(14)4-7(13)5-9(10)15/h2-5H,1H3. The minimum atomic E-state index is -0.163. The van der Waals surface area contributed by atoms with Gasteiger partial charge in [-0.1, -0.05) is 34.8 Å². The Balaban J connectivity index is 2.56. The van der Waals surface area contributed by atoms with E-state index in [4.69, 9.17) is 34.8 Å². The molecular formula is C12H7Cl3OS. The van der Waals surface area contributed by atoms with E-state index in [0.29, 0.717) is 15.5 Å². The highest BCUT2D eigenvalue weighted by molar-refractivity contribution is 7.12. The van der Waals surface area contributed by atoms with Crippen LogP contribution in [0.2, 0.25) is 15.1 Å². The third kappa shape index (κ3) is 2.50. The van der Waals surface area contributed by atoms with E-state index in [1.54, 1.807) is 0 Å². The van der Waals surface area contributed by atoms with Gasteiger partial charge in [-0.25, -0.2) is 0 Å². The number of hydrogen-bond donors (Lipinski definition) is 0. The van der Waals surface area contributed by atoms with Crippen molar-refractivity contribution >= 4 is 51.9 Å². The maximum Gasteiger partial charge on any atom is 0.206 e. The highest BCUT2D eigenvalue weighted by Gasteiger charge is 2.20. The lowest BCUT2D eigenvalue weighted by atomic mass is 10.1. The van der Waals surface area contributed by atoms with E-state index in [9.17, 15) is 4.79 Å². The van der Waals surface area contributed by atoms with Gasteiger partial charge in [-0.3, -0.25) is 4.79 Å². The van der Waals surface area contributed by atoms with Gasteiger partial charge < -0.3 is 0 Å². The summed E-state index contributed by atoms with van der Waals surface area (Å²) in [4.78, 5) is 12.9. The molecule has 1 heterocycles. The molecule has 0 radical (unpaired) electrons. The average molecular weight is 306 g/mol. The van der Waals surface area contributed by atoms with Gasteiger partial charge >= 0.3 is 0 Å². The zero-order chi connectivity index (χ0) is 12.6. The monoisotopic (exact) mass is 304 g/mol. The summed E-state index contributed by atoms with van der Waals surface area (Å²) in [6.07, 6.45) is 0. The van der Waals surface area contributed by atoms with Crippen molar-refractivity contribution < 1.29 is 4.79 Å². The fraction of sp³-hybridized carbons (Fsp3) is 0.0833. The van der Waals surface area contributed by atoms with Gasteiger partial charge in [0.15, 0.2) is 0 Å². The lowest BCUT2D eigenvalue weighted by Gasteiger charge is -2.06. The first-order valence-corrected chi connectivity index (χ1v) is 6.75. The van der Waals surface area contributed by atoms with Crippen molar-refractivity contribution in [2.75, 3.05) is 0 Å². The maximum atomic E-state index is 12.3. The number of benzene rings is 1. The van der Waals surface area contributed by atoms with Crippen LogP contribution in [0.5, 0.6) is 0 Å². The molecule has 0 bridgehead atoms. The molecule has 1 nitrogen and oxygen atoms in total. The van der Waals surface area contributed by atoms with Crippen LogP contribution in [0, 0.1) is 6.92 Å². The van der Waals surface area contributed by atoms with Crippen molar-refractivity contribution in [3.8, 4) is 0 Å². The molecule has 0 saturated heterocycles. The molecule has 88 valence electrons. The summed E-state index contributed by atoms with van der Waals surface area (Å²) >= 11 is 19.2. The van der Waals surface area contributed by atoms with E-state index in [0.717, 1.165) is 5.56 Å². The molecule has 2 rings (SSSR count). The predicted molar refractivity (Wildman–Crippen MR) is 74.0 cm³/mol. The second-order valence-corrected chi connectivity index (χ2v) is 5.67. The Morgan fingerprint density at radius 3 is 2.24 bits per heavy atom. The Hall–Kier alpha value is -0.540. The average Bonchev–Trinajstić information content (AvgIpc) is 2.62. The molecule has 0 unspecified atom stereocenters. The lowest BCUT2D eigenvalue weighted by Crippen LogP contribution is -2.02. The first kappa shape index (κ1) is 12.9. The molecule has 0 fully saturated rings. The first-order valence-electron chi connectivity index (χ1n) is 4.74. The molecule has 0 atom stereocenters. The molecular weight excluding hydrogens is 299 g/mol. The Morgan fingerprint density at radius 1 is 1.18 bits per heavy atom. The summed E-state index contributed by atoms with van der Waals surface area (Å²) in [6, 6.07) is 4.92. The van der Waals surface area contributed by atoms with E-state index in [1.807, 2.05) is 18.4 Å². The maximum absolute atomic E-state index is 12.3. The zero-order valence-corrected chi connectivity index (χ0v) is 11.8. The van der Waals surface area contributed by atoms with Crippen LogP contribution in [0.4, 0.5) is 0 Å². The summed E-state index contributed by atoms with van der Waals surface area (Å²) < 4.78 is 0. The van der Waals surface area contributed by atoms with Crippen LogP contribution in [0.3, 0.4) is 0 Å². The Morgan fingerprint density at radius 2 is 1.76 bits per heavy atom. The summed E-state index contributed by atoms with van der Waals surface area (Å²) in [5.41, 5.74) is 1.23. The summed E-state index contributed by atoms with van der Waals surface area (Å²) in [6.45, 7) is 1.88. The molecule has 1 aromatic heterocycles. The highest BCUT2D eigenvalue weighted by Crippen LogP contribution is 2.32. The number of carbonyl (C=O) groups is 1.